The molecule has 2 aromatic carbocycles. The van der Waals surface area contributed by atoms with Crippen molar-refractivity contribution in [2.75, 3.05) is 32.6 Å². The minimum Gasteiger partial charge on any atom is -0.497 e. The van der Waals surface area contributed by atoms with Gasteiger partial charge in [0.1, 0.15) is 11.5 Å². The quantitative estimate of drug-likeness (QED) is 0.566. The van der Waals surface area contributed by atoms with Gasteiger partial charge in [0.05, 0.1) is 19.9 Å². The molecule has 3 amide bonds. The van der Waals surface area contributed by atoms with E-state index in [0.717, 1.165) is 12.8 Å². The largest absolute Gasteiger partial charge is 0.497 e. The van der Waals surface area contributed by atoms with Crippen LogP contribution in [0, 0.1) is 0 Å². The molecule has 0 aromatic heterocycles. The monoisotopic (exact) mass is 427 g/mol. The van der Waals surface area contributed by atoms with E-state index in [1.54, 1.807) is 30.2 Å². The Morgan fingerprint density at radius 2 is 1.81 bits per heavy atom. The standard InChI is InChI=1S/C24H33N3O4/c1-5-18(2)27(16-14-23(28)25-15-13-19-9-7-6-8-10-19)24(29)26-21-12-11-20(30-3)17-22(21)31-4/h6-12,17-18H,5,13-16H2,1-4H3,(H,25,28)(H,26,29). The molecule has 31 heavy (non-hydrogen) atoms. The van der Waals surface area contributed by atoms with Crippen molar-refractivity contribution in [3.8, 4) is 11.5 Å². The Morgan fingerprint density at radius 1 is 1.06 bits per heavy atom. The lowest BCUT2D eigenvalue weighted by Gasteiger charge is -2.29. The van der Waals surface area contributed by atoms with Crippen molar-refractivity contribution in [1.29, 1.82) is 0 Å². The first-order valence-electron chi connectivity index (χ1n) is 10.6. The normalized spacial score (nSPS) is 11.4. The molecule has 7 nitrogen and oxygen atoms in total. The number of amides is 3. The number of benzene rings is 2. The molecular formula is C24H33N3O4. The number of carbonyl (C=O) groups excluding carboxylic acids is 2. The van der Waals surface area contributed by atoms with Gasteiger partial charge in [-0.3, -0.25) is 4.79 Å². The Kier molecular flexibility index (Phi) is 9.68. The van der Waals surface area contributed by atoms with Gasteiger partial charge in [0.2, 0.25) is 5.91 Å². The summed E-state index contributed by atoms with van der Waals surface area (Å²) in [6.07, 6.45) is 1.80. The SMILES string of the molecule is CCC(C)N(CCC(=O)NCCc1ccccc1)C(=O)Nc1ccc(OC)cc1OC. The molecule has 0 aliphatic carbocycles. The van der Waals surface area contributed by atoms with Gasteiger partial charge in [0, 0.05) is 31.6 Å². The highest BCUT2D eigenvalue weighted by Crippen LogP contribution is 2.29. The number of rotatable bonds is 11. The second-order valence-electron chi connectivity index (χ2n) is 7.28. The summed E-state index contributed by atoms with van der Waals surface area (Å²) in [5.41, 5.74) is 1.73. The second kappa shape index (κ2) is 12.5. The second-order valence-corrected chi connectivity index (χ2v) is 7.28. The molecule has 0 bridgehead atoms. The molecule has 168 valence electrons. The molecule has 2 aromatic rings. The zero-order valence-corrected chi connectivity index (χ0v) is 18.8. The zero-order valence-electron chi connectivity index (χ0n) is 18.8. The lowest BCUT2D eigenvalue weighted by atomic mass is 10.1. The smallest absolute Gasteiger partial charge is 0.322 e. The van der Waals surface area contributed by atoms with E-state index in [-0.39, 0.29) is 24.4 Å². The Hall–Kier alpha value is -3.22. The molecule has 0 saturated heterocycles. The van der Waals surface area contributed by atoms with E-state index in [0.29, 0.717) is 30.3 Å². The minimum absolute atomic E-state index is 0.0126. The maximum absolute atomic E-state index is 12.9. The van der Waals surface area contributed by atoms with Crippen molar-refractivity contribution in [3.05, 3.63) is 54.1 Å². The molecule has 0 spiro atoms. The first-order chi connectivity index (χ1) is 15.0. The van der Waals surface area contributed by atoms with Crippen LogP contribution in [-0.2, 0) is 11.2 Å². The maximum Gasteiger partial charge on any atom is 0.322 e. The molecule has 0 saturated carbocycles. The fourth-order valence-electron chi connectivity index (χ4n) is 3.13. The van der Waals surface area contributed by atoms with Crippen molar-refractivity contribution in [2.24, 2.45) is 0 Å². The number of ether oxygens (including phenoxy) is 2. The molecule has 1 atom stereocenters. The van der Waals surface area contributed by atoms with Crippen LogP contribution in [0.3, 0.4) is 0 Å². The molecule has 0 radical (unpaired) electrons. The van der Waals surface area contributed by atoms with Crippen molar-refractivity contribution in [2.45, 2.75) is 39.2 Å². The van der Waals surface area contributed by atoms with E-state index in [9.17, 15) is 9.59 Å². The Balaban J connectivity index is 1.92. The highest BCUT2D eigenvalue weighted by Gasteiger charge is 2.21. The maximum atomic E-state index is 12.9. The summed E-state index contributed by atoms with van der Waals surface area (Å²) < 4.78 is 10.6. The summed E-state index contributed by atoms with van der Waals surface area (Å²) in [4.78, 5) is 26.9. The highest BCUT2D eigenvalue weighted by atomic mass is 16.5. The van der Waals surface area contributed by atoms with Crippen LogP contribution in [0.4, 0.5) is 10.5 Å². The number of nitrogens with zero attached hydrogens (tertiary/aromatic N) is 1. The molecule has 0 heterocycles. The van der Waals surface area contributed by atoms with Gasteiger partial charge in [-0.05, 0) is 37.5 Å². The summed E-state index contributed by atoms with van der Waals surface area (Å²) in [5, 5.41) is 5.82. The van der Waals surface area contributed by atoms with Crippen LogP contribution >= 0.6 is 0 Å². The van der Waals surface area contributed by atoms with Crippen molar-refractivity contribution >= 4 is 17.6 Å². The van der Waals surface area contributed by atoms with Gasteiger partial charge in [-0.15, -0.1) is 0 Å². The van der Waals surface area contributed by atoms with E-state index in [1.807, 2.05) is 44.2 Å². The first kappa shape index (κ1) is 24.1. The number of carbonyl (C=O) groups is 2. The van der Waals surface area contributed by atoms with Crippen LogP contribution < -0.4 is 20.1 Å². The Morgan fingerprint density at radius 3 is 2.45 bits per heavy atom. The summed E-state index contributed by atoms with van der Waals surface area (Å²) in [7, 11) is 3.11. The Bertz CT molecular complexity index is 842. The number of methoxy groups -OCH3 is 2. The first-order valence-corrected chi connectivity index (χ1v) is 10.6. The fraction of sp³-hybridized carbons (Fsp3) is 0.417. The third-order valence-corrected chi connectivity index (χ3v) is 5.19. The Labute approximate surface area is 184 Å². The van der Waals surface area contributed by atoms with Gasteiger partial charge in [0.15, 0.2) is 0 Å². The van der Waals surface area contributed by atoms with Crippen LogP contribution in [0.1, 0.15) is 32.3 Å². The van der Waals surface area contributed by atoms with E-state index in [1.165, 1.54) is 12.7 Å². The predicted octanol–water partition coefficient (Wildman–Crippen LogP) is 4.09. The van der Waals surface area contributed by atoms with Gasteiger partial charge in [0.25, 0.3) is 0 Å². The molecule has 0 aliphatic heterocycles. The number of anilines is 1. The topological polar surface area (TPSA) is 79.9 Å². The summed E-state index contributed by atoms with van der Waals surface area (Å²) in [5.74, 6) is 1.08. The average Bonchev–Trinajstić information content (AvgIpc) is 2.79. The van der Waals surface area contributed by atoms with E-state index >= 15 is 0 Å². The molecule has 1 unspecified atom stereocenters. The molecule has 2 N–H and O–H groups in total. The molecule has 7 heteroatoms. The predicted molar refractivity (Wildman–Crippen MR) is 123 cm³/mol. The van der Waals surface area contributed by atoms with Crippen molar-refractivity contribution < 1.29 is 19.1 Å². The number of hydrogen-bond donors (Lipinski definition) is 2. The third-order valence-electron chi connectivity index (χ3n) is 5.19. The summed E-state index contributed by atoms with van der Waals surface area (Å²) >= 11 is 0. The van der Waals surface area contributed by atoms with Crippen LogP contribution in [0.15, 0.2) is 48.5 Å². The molecular weight excluding hydrogens is 394 g/mol. The molecule has 2 rings (SSSR count). The third kappa shape index (κ3) is 7.51. The van der Waals surface area contributed by atoms with E-state index in [2.05, 4.69) is 10.6 Å². The highest BCUT2D eigenvalue weighted by molar-refractivity contribution is 5.91. The molecule has 0 aliphatic rings. The average molecular weight is 428 g/mol. The van der Waals surface area contributed by atoms with Crippen molar-refractivity contribution in [3.63, 3.8) is 0 Å². The van der Waals surface area contributed by atoms with Crippen LogP contribution in [0.2, 0.25) is 0 Å². The lowest BCUT2D eigenvalue weighted by Crippen LogP contribution is -2.43. The number of urea groups is 1. The summed E-state index contributed by atoms with van der Waals surface area (Å²) in [6.45, 7) is 4.88. The number of hydrogen-bond acceptors (Lipinski definition) is 4. The zero-order chi connectivity index (χ0) is 22.6. The van der Waals surface area contributed by atoms with Gasteiger partial charge in [-0.1, -0.05) is 37.3 Å². The minimum atomic E-state index is -0.269. The van der Waals surface area contributed by atoms with Crippen LogP contribution in [0.5, 0.6) is 11.5 Å². The van der Waals surface area contributed by atoms with E-state index < -0.39 is 0 Å². The van der Waals surface area contributed by atoms with Crippen LogP contribution in [-0.4, -0.2) is 50.2 Å². The van der Waals surface area contributed by atoms with E-state index in [4.69, 9.17) is 9.47 Å². The van der Waals surface area contributed by atoms with Gasteiger partial charge >= 0.3 is 6.03 Å². The molecule has 0 fully saturated rings. The van der Waals surface area contributed by atoms with Crippen molar-refractivity contribution in [1.82, 2.24) is 10.2 Å². The van der Waals surface area contributed by atoms with Gasteiger partial charge < -0.3 is 25.0 Å². The summed E-state index contributed by atoms with van der Waals surface area (Å²) in [6, 6.07) is 14.9. The number of nitrogens with one attached hydrogen (secondary N) is 2. The van der Waals surface area contributed by atoms with Gasteiger partial charge in [-0.2, -0.15) is 0 Å². The fourth-order valence-corrected chi connectivity index (χ4v) is 3.13. The van der Waals surface area contributed by atoms with Crippen LogP contribution in [0.25, 0.3) is 0 Å². The lowest BCUT2D eigenvalue weighted by molar-refractivity contribution is -0.121. The van der Waals surface area contributed by atoms with Gasteiger partial charge in [-0.25, -0.2) is 4.79 Å².